The second kappa shape index (κ2) is 9.08. The zero-order valence-electron chi connectivity index (χ0n) is 13.6. The SMILES string of the molecule is CCOc1cc(/C=N/NC(=O)c2ccccc2)cc(Br)c1OCC. The van der Waals surface area contributed by atoms with Crippen molar-refractivity contribution >= 4 is 28.1 Å². The van der Waals surface area contributed by atoms with Crippen molar-refractivity contribution in [1.29, 1.82) is 0 Å². The molecule has 0 aliphatic heterocycles. The van der Waals surface area contributed by atoms with Crippen LogP contribution in [0.1, 0.15) is 29.8 Å². The van der Waals surface area contributed by atoms with Crippen LogP contribution in [0.2, 0.25) is 0 Å². The van der Waals surface area contributed by atoms with Gasteiger partial charge in [0, 0.05) is 5.56 Å². The van der Waals surface area contributed by atoms with Gasteiger partial charge in [-0.3, -0.25) is 4.79 Å². The van der Waals surface area contributed by atoms with Crippen LogP contribution in [-0.4, -0.2) is 25.3 Å². The van der Waals surface area contributed by atoms with Crippen molar-refractivity contribution in [2.75, 3.05) is 13.2 Å². The average Bonchev–Trinajstić information content (AvgIpc) is 2.59. The molecule has 0 bridgehead atoms. The number of carbonyl (C=O) groups is 1. The topological polar surface area (TPSA) is 59.9 Å². The van der Waals surface area contributed by atoms with E-state index in [0.717, 1.165) is 10.0 Å². The number of hydrogen-bond acceptors (Lipinski definition) is 4. The van der Waals surface area contributed by atoms with Crippen LogP contribution < -0.4 is 14.9 Å². The monoisotopic (exact) mass is 390 g/mol. The lowest BCUT2D eigenvalue weighted by Gasteiger charge is -2.13. The maximum Gasteiger partial charge on any atom is 0.271 e. The van der Waals surface area contributed by atoms with Gasteiger partial charge in [0.15, 0.2) is 11.5 Å². The lowest BCUT2D eigenvalue weighted by molar-refractivity contribution is 0.0955. The molecule has 2 aromatic rings. The average molecular weight is 391 g/mol. The Balaban J connectivity index is 2.12. The molecule has 0 aliphatic rings. The van der Waals surface area contributed by atoms with Crippen molar-refractivity contribution in [1.82, 2.24) is 5.43 Å². The van der Waals surface area contributed by atoms with Crippen molar-refractivity contribution in [2.45, 2.75) is 13.8 Å². The molecule has 0 saturated heterocycles. The molecular formula is C18H19BrN2O3. The van der Waals surface area contributed by atoms with Crippen molar-refractivity contribution in [3.8, 4) is 11.5 Å². The number of nitrogens with one attached hydrogen (secondary N) is 1. The Morgan fingerprint density at radius 1 is 1.17 bits per heavy atom. The molecule has 1 N–H and O–H groups in total. The Labute approximate surface area is 149 Å². The Bertz CT molecular complexity index is 718. The number of benzene rings is 2. The molecule has 0 atom stereocenters. The fourth-order valence-corrected chi connectivity index (χ4v) is 2.60. The van der Waals surface area contributed by atoms with Crippen LogP contribution in [0.3, 0.4) is 0 Å². The van der Waals surface area contributed by atoms with Gasteiger partial charge in [0.05, 0.1) is 23.9 Å². The van der Waals surface area contributed by atoms with Gasteiger partial charge < -0.3 is 9.47 Å². The molecule has 0 spiro atoms. The quantitative estimate of drug-likeness (QED) is 0.573. The van der Waals surface area contributed by atoms with Crippen LogP contribution in [-0.2, 0) is 0 Å². The van der Waals surface area contributed by atoms with Gasteiger partial charge in [-0.05, 0) is 59.6 Å². The van der Waals surface area contributed by atoms with E-state index in [0.29, 0.717) is 30.3 Å². The van der Waals surface area contributed by atoms with Gasteiger partial charge in [0.1, 0.15) is 0 Å². The van der Waals surface area contributed by atoms with Gasteiger partial charge in [-0.1, -0.05) is 18.2 Å². The van der Waals surface area contributed by atoms with E-state index in [1.165, 1.54) is 0 Å². The normalized spacial score (nSPS) is 10.6. The molecule has 6 heteroatoms. The molecule has 24 heavy (non-hydrogen) atoms. The number of rotatable bonds is 7. The Morgan fingerprint density at radius 3 is 2.54 bits per heavy atom. The molecule has 0 aromatic heterocycles. The van der Waals surface area contributed by atoms with E-state index in [9.17, 15) is 4.79 Å². The number of nitrogens with zero attached hydrogens (tertiary/aromatic N) is 1. The molecule has 0 aliphatic carbocycles. The summed E-state index contributed by atoms with van der Waals surface area (Å²) in [5, 5.41) is 3.99. The third kappa shape index (κ3) is 4.83. The Hall–Kier alpha value is -2.34. The van der Waals surface area contributed by atoms with Crippen molar-refractivity contribution in [3.63, 3.8) is 0 Å². The summed E-state index contributed by atoms with van der Waals surface area (Å²) < 4.78 is 12.0. The first-order valence-electron chi connectivity index (χ1n) is 7.63. The highest BCUT2D eigenvalue weighted by Crippen LogP contribution is 2.36. The summed E-state index contributed by atoms with van der Waals surface area (Å²) >= 11 is 3.47. The molecule has 0 unspecified atom stereocenters. The Kier molecular flexibility index (Phi) is 6.81. The lowest BCUT2D eigenvalue weighted by atomic mass is 10.2. The van der Waals surface area contributed by atoms with Gasteiger partial charge in [0.2, 0.25) is 0 Å². The third-order valence-corrected chi connectivity index (χ3v) is 3.63. The molecular weight excluding hydrogens is 372 g/mol. The summed E-state index contributed by atoms with van der Waals surface area (Å²) in [6.07, 6.45) is 1.56. The number of amides is 1. The maximum absolute atomic E-state index is 11.9. The summed E-state index contributed by atoms with van der Waals surface area (Å²) in [5.74, 6) is 1.02. The third-order valence-electron chi connectivity index (χ3n) is 3.04. The summed E-state index contributed by atoms with van der Waals surface area (Å²) in [7, 11) is 0. The van der Waals surface area contributed by atoms with Crippen LogP contribution in [0.5, 0.6) is 11.5 Å². The van der Waals surface area contributed by atoms with Crippen molar-refractivity contribution in [3.05, 3.63) is 58.1 Å². The van der Waals surface area contributed by atoms with Gasteiger partial charge in [-0.2, -0.15) is 5.10 Å². The van der Waals surface area contributed by atoms with Gasteiger partial charge in [0.25, 0.3) is 5.91 Å². The molecule has 126 valence electrons. The number of hydrazone groups is 1. The zero-order chi connectivity index (χ0) is 17.4. The standard InChI is InChI=1S/C18H19BrN2O3/c1-3-23-16-11-13(10-15(19)17(16)24-4-2)12-20-21-18(22)14-8-6-5-7-9-14/h5-12H,3-4H2,1-2H3,(H,21,22)/b20-12+. The highest BCUT2D eigenvalue weighted by atomic mass is 79.9. The highest BCUT2D eigenvalue weighted by Gasteiger charge is 2.11. The van der Waals surface area contributed by atoms with Crippen LogP contribution >= 0.6 is 15.9 Å². The summed E-state index contributed by atoms with van der Waals surface area (Å²) in [6.45, 7) is 4.89. The van der Waals surface area contributed by atoms with E-state index < -0.39 is 0 Å². The molecule has 0 radical (unpaired) electrons. The second-order valence-electron chi connectivity index (χ2n) is 4.76. The first-order valence-corrected chi connectivity index (χ1v) is 8.42. The van der Waals surface area contributed by atoms with E-state index in [1.807, 2.05) is 32.0 Å². The minimum atomic E-state index is -0.262. The number of halogens is 1. The smallest absolute Gasteiger partial charge is 0.271 e. The van der Waals surface area contributed by atoms with E-state index in [-0.39, 0.29) is 5.91 Å². The van der Waals surface area contributed by atoms with Crippen LogP contribution in [0, 0.1) is 0 Å². The highest BCUT2D eigenvalue weighted by molar-refractivity contribution is 9.10. The van der Waals surface area contributed by atoms with E-state index >= 15 is 0 Å². The van der Waals surface area contributed by atoms with Gasteiger partial charge >= 0.3 is 0 Å². The number of hydrogen-bond donors (Lipinski definition) is 1. The predicted molar refractivity (Wildman–Crippen MR) is 98.0 cm³/mol. The first kappa shape index (κ1) is 18.0. The first-order chi connectivity index (χ1) is 11.7. The van der Waals surface area contributed by atoms with E-state index in [2.05, 4.69) is 26.5 Å². The van der Waals surface area contributed by atoms with Gasteiger partial charge in [-0.25, -0.2) is 5.43 Å². The van der Waals surface area contributed by atoms with Crippen molar-refractivity contribution in [2.24, 2.45) is 5.10 Å². The van der Waals surface area contributed by atoms with Gasteiger partial charge in [-0.15, -0.1) is 0 Å². The fourth-order valence-electron chi connectivity index (χ4n) is 2.03. The van der Waals surface area contributed by atoms with Crippen molar-refractivity contribution < 1.29 is 14.3 Å². The molecule has 2 rings (SSSR count). The molecule has 5 nitrogen and oxygen atoms in total. The summed E-state index contributed by atoms with van der Waals surface area (Å²) in [5.41, 5.74) is 3.83. The molecule has 0 saturated carbocycles. The van der Waals surface area contributed by atoms with E-state index in [1.54, 1.807) is 30.5 Å². The largest absolute Gasteiger partial charge is 0.490 e. The second-order valence-corrected chi connectivity index (χ2v) is 5.62. The fraction of sp³-hybridized carbons (Fsp3) is 0.222. The van der Waals surface area contributed by atoms with Crippen LogP contribution in [0.15, 0.2) is 52.0 Å². The number of carbonyl (C=O) groups excluding carboxylic acids is 1. The predicted octanol–water partition coefficient (Wildman–Crippen LogP) is 4.01. The zero-order valence-corrected chi connectivity index (χ0v) is 15.2. The maximum atomic E-state index is 11.9. The lowest BCUT2D eigenvalue weighted by Crippen LogP contribution is -2.17. The Morgan fingerprint density at radius 2 is 1.88 bits per heavy atom. The van der Waals surface area contributed by atoms with Crippen LogP contribution in [0.4, 0.5) is 0 Å². The summed E-state index contributed by atoms with van der Waals surface area (Å²) in [4.78, 5) is 11.9. The number of ether oxygens (including phenoxy) is 2. The molecule has 2 aromatic carbocycles. The van der Waals surface area contributed by atoms with Crippen LogP contribution in [0.25, 0.3) is 0 Å². The minimum Gasteiger partial charge on any atom is -0.490 e. The molecule has 1 amide bonds. The molecule has 0 heterocycles. The molecule has 0 fully saturated rings. The van der Waals surface area contributed by atoms with E-state index in [4.69, 9.17) is 9.47 Å². The summed E-state index contributed by atoms with van der Waals surface area (Å²) in [6, 6.07) is 12.6. The minimum absolute atomic E-state index is 0.262.